The van der Waals surface area contributed by atoms with Gasteiger partial charge < -0.3 is 0 Å². The smallest absolute Gasteiger partial charge is 0.123 e. The molecule has 0 aliphatic heterocycles. The van der Waals surface area contributed by atoms with Crippen LogP contribution in [0.4, 0.5) is 4.39 Å². The zero-order chi connectivity index (χ0) is 13.1. The first-order valence-corrected chi connectivity index (χ1v) is 5.90. The molecule has 0 saturated heterocycles. The topological polar surface area (TPSA) is 38.0 Å². The molecule has 94 valence electrons. The fraction of sp³-hybridized carbons (Fsp3) is 0.200. The molecule has 3 N–H and O–H groups in total. The van der Waals surface area contributed by atoms with Crippen LogP contribution >= 0.6 is 0 Å². The van der Waals surface area contributed by atoms with E-state index in [2.05, 4.69) is 37.5 Å². The molecule has 0 aliphatic rings. The van der Waals surface area contributed by atoms with Crippen molar-refractivity contribution in [1.29, 1.82) is 0 Å². The first-order valence-electron chi connectivity index (χ1n) is 5.90. The average Bonchev–Trinajstić information content (AvgIpc) is 2.31. The van der Waals surface area contributed by atoms with Crippen LogP contribution in [0.15, 0.2) is 42.5 Å². The van der Waals surface area contributed by atoms with Crippen molar-refractivity contribution in [3.05, 3.63) is 70.5 Å². The summed E-state index contributed by atoms with van der Waals surface area (Å²) in [5, 5.41) is 0. The predicted octanol–water partition coefficient (Wildman–Crippen LogP) is 3.00. The van der Waals surface area contributed by atoms with Gasteiger partial charge in [-0.05, 0) is 37.1 Å². The molecule has 2 aromatic rings. The number of benzene rings is 2. The highest BCUT2D eigenvalue weighted by atomic mass is 19.1. The molecule has 0 heterocycles. The van der Waals surface area contributed by atoms with Crippen molar-refractivity contribution >= 4 is 0 Å². The molecule has 2 aromatic carbocycles. The maximum absolute atomic E-state index is 12.9. The summed E-state index contributed by atoms with van der Waals surface area (Å²) in [6, 6.07) is 12.5. The van der Waals surface area contributed by atoms with Crippen LogP contribution < -0.4 is 11.3 Å². The first-order chi connectivity index (χ1) is 8.60. The zero-order valence-electron chi connectivity index (χ0n) is 10.6. The van der Waals surface area contributed by atoms with Crippen molar-refractivity contribution in [1.82, 2.24) is 5.43 Å². The lowest BCUT2D eigenvalue weighted by molar-refractivity contribution is 0.615. The Labute approximate surface area is 107 Å². The van der Waals surface area contributed by atoms with Gasteiger partial charge >= 0.3 is 0 Å². The molecule has 2 rings (SSSR count). The Morgan fingerprint density at radius 3 is 2.00 bits per heavy atom. The van der Waals surface area contributed by atoms with Gasteiger partial charge in [-0.2, -0.15) is 0 Å². The van der Waals surface area contributed by atoms with E-state index < -0.39 is 0 Å². The fourth-order valence-corrected chi connectivity index (χ4v) is 2.22. The van der Waals surface area contributed by atoms with E-state index in [0.29, 0.717) is 0 Å². The molecule has 0 fully saturated rings. The summed E-state index contributed by atoms with van der Waals surface area (Å²) in [4.78, 5) is 0. The Kier molecular flexibility index (Phi) is 3.75. The normalized spacial score (nSPS) is 12.4. The SMILES string of the molecule is Cc1cc(C)cc(C(NN)c2ccc(F)cc2)c1. The number of aryl methyl sites for hydroxylation is 2. The van der Waals surface area contributed by atoms with Gasteiger partial charge in [0.15, 0.2) is 0 Å². The third-order valence-corrected chi connectivity index (χ3v) is 2.95. The van der Waals surface area contributed by atoms with Crippen molar-refractivity contribution in [2.75, 3.05) is 0 Å². The first kappa shape index (κ1) is 12.7. The summed E-state index contributed by atoms with van der Waals surface area (Å²) in [5.41, 5.74) is 7.19. The van der Waals surface area contributed by atoms with Crippen LogP contribution in [-0.4, -0.2) is 0 Å². The minimum absolute atomic E-state index is 0.121. The molecule has 2 nitrogen and oxygen atoms in total. The molecule has 1 unspecified atom stereocenters. The highest BCUT2D eigenvalue weighted by Gasteiger charge is 2.12. The Balaban J connectivity index is 2.41. The summed E-state index contributed by atoms with van der Waals surface area (Å²) in [6.45, 7) is 4.10. The second-order valence-corrected chi connectivity index (χ2v) is 4.57. The molecule has 0 aromatic heterocycles. The molecule has 0 bridgehead atoms. The number of hydrogen-bond acceptors (Lipinski definition) is 2. The predicted molar refractivity (Wildman–Crippen MR) is 71.5 cm³/mol. The maximum atomic E-state index is 12.9. The van der Waals surface area contributed by atoms with E-state index in [1.807, 2.05) is 0 Å². The highest BCUT2D eigenvalue weighted by Crippen LogP contribution is 2.23. The van der Waals surface area contributed by atoms with E-state index in [4.69, 9.17) is 5.84 Å². The molecule has 0 radical (unpaired) electrons. The van der Waals surface area contributed by atoms with Gasteiger partial charge in [0.25, 0.3) is 0 Å². The number of hydrogen-bond donors (Lipinski definition) is 2. The van der Waals surface area contributed by atoms with Crippen LogP contribution in [0.2, 0.25) is 0 Å². The Hall–Kier alpha value is -1.71. The van der Waals surface area contributed by atoms with Gasteiger partial charge in [-0.15, -0.1) is 0 Å². The number of nitrogens with two attached hydrogens (primary N) is 1. The van der Waals surface area contributed by atoms with Gasteiger partial charge in [0, 0.05) is 0 Å². The number of rotatable bonds is 3. The maximum Gasteiger partial charge on any atom is 0.123 e. The third-order valence-electron chi connectivity index (χ3n) is 2.95. The lowest BCUT2D eigenvalue weighted by Crippen LogP contribution is -2.28. The van der Waals surface area contributed by atoms with Crippen LogP contribution in [0, 0.1) is 19.7 Å². The fourth-order valence-electron chi connectivity index (χ4n) is 2.22. The van der Waals surface area contributed by atoms with E-state index in [1.165, 1.54) is 23.3 Å². The summed E-state index contributed by atoms with van der Waals surface area (Å²) >= 11 is 0. The van der Waals surface area contributed by atoms with E-state index >= 15 is 0 Å². The van der Waals surface area contributed by atoms with E-state index in [0.717, 1.165) is 11.1 Å². The second kappa shape index (κ2) is 5.29. The summed E-state index contributed by atoms with van der Waals surface area (Å²) < 4.78 is 12.9. The molecule has 18 heavy (non-hydrogen) atoms. The van der Waals surface area contributed by atoms with Gasteiger partial charge in [-0.3, -0.25) is 5.84 Å². The van der Waals surface area contributed by atoms with Crippen LogP contribution in [-0.2, 0) is 0 Å². The Morgan fingerprint density at radius 1 is 0.944 bits per heavy atom. The highest BCUT2D eigenvalue weighted by molar-refractivity contribution is 5.36. The average molecular weight is 244 g/mol. The summed E-state index contributed by atoms with van der Waals surface area (Å²) in [6.07, 6.45) is 0. The third kappa shape index (κ3) is 2.75. The Morgan fingerprint density at radius 2 is 1.50 bits per heavy atom. The minimum atomic E-state index is -0.241. The van der Waals surface area contributed by atoms with Crippen molar-refractivity contribution in [3.8, 4) is 0 Å². The molecule has 0 saturated carbocycles. The Bertz CT molecular complexity index is 514. The summed E-state index contributed by atoms with van der Waals surface area (Å²) in [5.74, 6) is 5.39. The van der Waals surface area contributed by atoms with Gasteiger partial charge in [0.1, 0.15) is 5.82 Å². The molecule has 3 heteroatoms. The largest absolute Gasteiger partial charge is 0.271 e. The standard InChI is InChI=1S/C15H17FN2/c1-10-7-11(2)9-13(8-10)15(18-17)12-3-5-14(16)6-4-12/h3-9,15,18H,17H2,1-2H3. The molecule has 0 spiro atoms. The number of halogens is 1. The lowest BCUT2D eigenvalue weighted by Gasteiger charge is -2.18. The number of hydrazine groups is 1. The van der Waals surface area contributed by atoms with E-state index in [-0.39, 0.29) is 11.9 Å². The summed E-state index contributed by atoms with van der Waals surface area (Å²) in [7, 11) is 0. The van der Waals surface area contributed by atoms with Crippen molar-refractivity contribution in [3.63, 3.8) is 0 Å². The molecule has 1 atom stereocenters. The van der Waals surface area contributed by atoms with Crippen molar-refractivity contribution in [2.24, 2.45) is 5.84 Å². The molecule has 0 amide bonds. The van der Waals surface area contributed by atoms with Crippen LogP contribution in [0.1, 0.15) is 28.3 Å². The molecular weight excluding hydrogens is 227 g/mol. The van der Waals surface area contributed by atoms with Gasteiger partial charge in [-0.25, -0.2) is 9.82 Å². The van der Waals surface area contributed by atoms with E-state index in [1.54, 1.807) is 12.1 Å². The van der Waals surface area contributed by atoms with Crippen LogP contribution in [0.5, 0.6) is 0 Å². The van der Waals surface area contributed by atoms with Crippen LogP contribution in [0.3, 0.4) is 0 Å². The zero-order valence-corrected chi connectivity index (χ0v) is 10.6. The quantitative estimate of drug-likeness (QED) is 0.643. The van der Waals surface area contributed by atoms with Gasteiger partial charge in [-0.1, -0.05) is 41.5 Å². The number of nitrogens with one attached hydrogen (secondary N) is 1. The lowest BCUT2D eigenvalue weighted by atomic mass is 9.96. The van der Waals surface area contributed by atoms with Crippen molar-refractivity contribution in [2.45, 2.75) is 19.9 Å². The molecule has 0 aliphatic carbocycles. The molecular formula is C15H17FN2. The van der Waals surface area contributed by atoms with Crippen molar-refractivity contribution < 1.29 is 4.39 Å². The minimum Gasteiger partial charge on any atom is -0.271 e. The van der Waals surface area contributed by atoms with Gasteiger partial charge in [0.05, 0.1) is 6.04 Å². The van der Waals surface area contributed by atoms with Gasteiger partial charge in [0.2, 0.25) is 0 Å². The van der Waals surface area contributed by atoms with E-state index in [9.17, 15) is 4.39 Å². The monoisotopic (exact) mass is 244 g/mol. The second-order valence-electron chi connectivity index (χ2n) is 4.57. The van der Waals surface area contributed by atoms with Crippen LogP contribution in [0.25, 0.3) is 0 Å².